The summed E-state index contributed by atoms with van der Waals surface area (Å²) in [5.74, 6) is 0.138. The van der Waals surface area contributed by atoms with Crippen LogP contribution < -0.4 is 5.32 Å². The van der Waals surface area contributed by atoms with E-state index in [1.165, 1.54) is 6.42 Å². The average Bonchev–Trinajstić information content (AvgIpc) is 2.96. The van der Waals surface area contributed by atoms with Crippen molar-refractivity contribution in [2.24, 2.45) is 0 Å². The van der Waals surface area contributed by atoms with Crippen molar-refractivity contribution in [1.82, 2.24) is 10.2 Å². The molecular weight excluding hydrogens is 244 g/mol. The molecule has 0 aromatic carbocycles. The first-order valence-corrected chi connectivity index (χ1v) is 7.46. The molecule has 0 spiro atoms. The van der Waals surface area contributed by atoms with Gasteiger partial charge in [0.2, 0.25) is 5.91 Å². The third-order valence-electron chi connectivity index (χ3n) is 4.01. The molecule has 5 nitrogen and oxygen atoms in total. The van der Waals surface area contributed by atoms with Crippen LogP contribution in [0.2, 0.25) is 0 Å². The van der Waals surface area contributed by atoms with Gasteiger partial charge in [-0.15, -0.1) is 0 Å². The lowest BCUT2D eigenvalue weighted by Crippen LogP contribution is -2.49. The Kier molecular flexibility index (Phi) is 6.07. The van der Waals surface area contributed by atoms with Crippen LogP contribution in [0.15, 0.2) is 0 Å². The molecule has 0 aromatic rings. The maximum absolute atomic E-state index is 11.8. The third-order valence-corrected chi connectivity index (χ3v) is 4.01. The summed E-state index contributed by atoms with van der Waals surface area (Å²) in [6.07, 6.45) is 5.84. The number of carbonyl (C=O) groups excluding carboxylic acids is 1. The summed E-state index contributed by atoms with van der Waals surface area (Å²) in [6.45, 7) is 4.09. The first-order valence-electron chi connectivity index (χ1n) is 7.46. The highest BCUT2D eigenvalue weighted by molar-refractivity contribution is 5.81. The van der Waals surface area contributed by atoms with Crippen molar-refractivity contribution in [1.29, 1.82) is 0 Å². The summed E-state index contributed by atoms with van der Waals surface area (Å²) in [5, 5.41) is 2.76. The topological polar surface area (TPSA) is 50.8 Å². The van der Waals surface area contributed by atoms with E-state index < -0.39 is 0 Å². The monoisotopic (exact) mass is 270 g/mol. The Hall–Kier alpha value is -0.650. The second-order valence-corrected chi connectivity index (χ2v) is 5.37. The van der Waals surface area contributed by atoms with Crippen LogP contribution in [0.4, 0.5) is 0 Å². The van der Waals surface area contributed by atoms with Gasteiger partial charge in [0, 0.05) is 20.2 Å². The normalized spacial score (nSPS) is 28.5. The van der Waals surface area contributed by atoms with Gasteiger partial charge < -0.3 is 14.8 Å². The van der Waals surface area contributed by atoms with Gasteiger partial charge in [-0.05, 0) is 32.2 Å². The lowest BCUT2D eigenvalue weighted by molar-refractivity contribution is -0.127. The fourth-order valence-electron chi connectivity index (χ4n) is 2.89. The Morgan fingerprint density at radius 1 is 1.37 bits per heavy atom. The molecule has 19 heavy (non-hydrogen) atoms. The molecule has 1 N–H and O–H groups in total. The second kappa shape index (κ2) is 7.82. The van der Waals surface area contributed by atoms with Crippen LogP contribution in [0.1, 0.15) is 32.1 Å². The number of hydrogen-bond acceptors (Lipinski definition) is 4. The van der Waals surface area contributed by atoms with E-state index in [-0.39, 0.29) is 18.1 Å². The van der Waals surface area contributed by atoms with Crippen LogP contribution in [-0.4, -0.2) is 62.9 Å². The highest BCUT2D eigenvalue weighted by Gasteiger charge is 2.27. The maximum Gasteiger partial charge on any atom is 0.237 e. The van der Waals surface area contributed by atoms with Crippen molar-refractivity contribution in [2.45, 2.75) is 44.2 Å². The largest absolute Gasteiger partial charge is 0.377 e. The van der Waals surface area contributed by atoms with E-state index in [0.29, 0.717) is 13.2 Å². The Morgan fingerprint density at radius 2 is 2.26 bits per heavy atom. The number of nitrogens with zero attached hydrogens (tertiary/aromatic N) is 1. The minimum absolute atomic E-state index is 0.0325. The predicted octanol–water partition coefficient (Wildman–Crippen LogP) is 0.783. The number of piperidine rings is 1. The number of hydrogen-bond donors (Lipinski definition) is 1. The number of nitrogens with one attached hydrogen (secondary N) is 1. The van der Waals surface area contributed by atoms with Gasteiger partial charge in [-0.3, -0.25) is 9.69 Å². The lowest BCUT2D eigenvalue weighted by Gasteiger charge is -2.34. The number of likely N-dealkylation sites (tertiary alicyclic amines) is 1. The van der Waals surface area contributed by atoms with Crippen LogP contribution in [0.25, 0.3) is 0 Å². The Labute approximate surface area is 115 Å². The zero-order chi connectivity index (χ0) is 13.5. The molecule has 1 amide bonds. The molecule has 2 rings (SSSR count). The quantitative estimate of drug-likeness (QED) is 0.725. The van der Waals surface area contributed by atoms with E-state index in [4.69, 9.17) is 9.47 Å². The van der Waals surface area contributed by atoms with Gasteiger partial charge in [0.1, 0.15) is 0 Å². The van der Waals surface area contributed by atoms with Gasteiger partial charge in [-0.2, -0.15) is 0 Å². The summed E-state index contributed by atoms with van der Waals surface area (Å²) in [7, 11) is 1.71. The van der Waals surface area contributed by atoms with Crippen molar-refractivity contribution in [3.05, 3.63) is 0 Å². The van der Waals surface area contributed by atoms with Crippen molar-refractivity contribution < 1.29 is 14.3 Å². The van der Waals surface area contributed by atoms with Crippen LogP contribution in [0, 0.1) is 0 Å². The van der Waals surface area contributed by atoms with Gasteiger partial charge >= 0.3 is 0 Å². The predicted molar refractivity (Wildman–Crippen MR) is 73.1 cm³/mol. The zero-order valence-electron chi connectivity index (χ0n) is 11.9. The first-order chi connectivity index (χ1) is 9.31. The van der Waals surface area contributed by atoms with Gasteiger partial charge in [-0.1, -0.05) is 6.42 Å². The van der Waals surface area contributed by atoms with E-state index in [1.54, 1.807) is 7.05 Å². The fourth-order valence-corrected chi connectivity index (χ4v) is 2.89. The Morgan fingerprint density at radius 3 is 3.00 bits per heavy atom. The van der Waals surface area contributed by atoms with Crippen molar-refractivity contribution in [3.8, 4) is 0 Å². The Balaban J connectivity index is 1.66. The molecule has 0 saturated carbocycles. The number of likely N-dealkylation sites (N-methyl/N-ethyl adjacent to an activating group) is 1. The minimum Gasteiger partial charge on any atom is -0.377 e. The molecule has 110 valence electrons. The molecule has 2 heterocycles. The SMILES string of the molecule is CNC(=O)[C@@H]1CCCCN1CCOC[C@@H]1CCCO1. The van der Waals surface area contributed by atoms with Crippen LogP contribution >= 0.6 is 0 Å². The summed E-state index contributed by atoms with van der Waals surface area (Å²) in [6, 6.07) is 0.0325. The minimum atomic E-state index is 0.0325. The van der Waals surface area contributed by atoms with Gasteiger partial charge in [-0.25, -0.2) is 0 Å². The third kappa shape index (κ3) is 4.44. The van der Waals surface area contributed by atoms with Gasteiger partial charge in [0.25, 0.3) is 0 Å². The number of ether oxygens (including phenoxy) is 2. The average molecular weight is 270 g/mol. The van der Waals surface area contributed by atoms with E-state index >= 15 is 0 Å². The van der Waals surface area contributed by atoms with Crippen LogP contribution in [0.3, 0.4) is 0 Å². The molecule has 0 unspecified atom stereocenters. The summed E-state index contributed by atoms with van der Waals surface area (Å²) in [5.41, 5.74) is 0. The second-order valence-electron chi connectivity index (χ2n) is 5.37. The molecule has 2 saturated heterocycles. The molecule has 2 atom stereocenters. The smallest absolute Gasteiger partial charge is 0.237 e. The molecular formula is C14H26N2O3. The molecule has 0 aromatic heterocycles. The molecule has 2 fully saturated rings. The molecule has 0 bridgehead atoms. The molecule has 0 radical (unpaired) electrons. The first kappa shape index (κ1) is 14.8. The fraction of sp³-hybridized carbons (Fsp3) is 0.929. The molecule has 2 aliphatic rings. The molecule has 0 aliphatic carbocycles. The van der Waals surface area contributed by atoms with E-state index in [0.717, 1.165) is 45.4 Å². The van der Waals surface area contributed by atoms with E-state index in [1.807, 2.05) is 0 Å². The van der Waals surface area contributed by atoms with Crippen LogP contribution in [0.5, 0.6) is 0 Å². The molecule has 2 aliphatic heterocycles. The maximum atomic E-state index is 11.8. The van der Waals surface area contributed by atoms with Crippen molar-refractivity contribution in [3.63, 3.8) is 0 Å². The number of rotatable bonds is 6. The van der Waals surface area contributed by atoms with E-state index in [2.05, 4.69) is 10.2 Å². The Bertz CT molecular complexity index is 280. The number of amides is 1. The highest BCUT2D eigenvalue weighted by Crippen LogP contribution is 2.17. The van der Waals surface area contributed by atoms with Gasteiger partial charge in [0.05, 0.1) is 25.4 Å². The lowest BCUT2D eigenvalue weighted by atomic mass is 10.0. The van der Waals surface area contributed by atoms with Crippen molar-refractivity contribution >= 4 is 5.91 Å². The van der Waals surface area contributed by atoms with Crippen LogP contribution in [-0.2, 0) is 14.3 Å². The van der Waals surface area contributed by atoms with Crippen molar-refractivity contribution in [2.75, 3.05) is 40.0 Å². The summed E-state index contributed by atoms with van der Waals surface area (Å²) in [4.78, 5) is 14.1. The highest BCUT2D eigenvalue weighted by atomic mass is 16.5. The molecule has 5 heteroatoms. The van der Waals surface area contributed by atoms with E-state index in [9.17, 15) is 4.79 Å². The zero-order valence-corrected chi connectivity index (χ0v) is 11.9. The summed E-state index contributed by atoms with van der Waals surface area (Å²) >= 11 is 0. The summed E-state index contributed by atoms with van der Waals surface area (Å²) < 4.78 is 11.2. The number of carbonyl (C=O) groups is 1. The standard InChI is InChI=1S/C14H26N2O3/c1-15-14(17)13-6-2-3-7-16(13)8-10-18-11-12-5-4-9-19-12/h12-13H,2-11H2,1H3,(H,15,17)/t12-,13-/m0/s1. The van der Waals surface area contributed by atoms with Gasteiger partial charge in [0.15, 0.2) is 0 Å².